The first-order valence-corrected chi connectivity index (χ1v) is 8.45. The normalized spacial score (nSPS) is 15.4. The molecule has 0 amide bonds. The fraction of sp³-hybridized carbons (Fsp3) is 0.438. The van der Waals surface area contributed by atoms with Crippen molar-refractivity contribution in [2.45, 2.75) is 38.5 Å². The highest BCUT2D eigenvalue weighted by Gasteiger charge is 2.24. The van der Waals surface area contributed by atoms with Crippen molar-refractivity contribution in [3.8, 4) is 11.5 Å². The van der Waals surface area contributed by atoms with E-state index < -0.39 is 0 Å². The predicted octanol–water partition coefficient (Wildman–Crippen LogP) is 4.15. The van der Waals surface area contributed by atoms with E-state index in [9.17, 15) is 0 Å². The molecule has 1 fully saturated rings. The molecule has 0 spiro atoms. The summed E-state index contributed by atoms with van der Waals surface area (Å²) < 4.78 is 1.15. The van der Waals surface area contributed by atoms with Gasteiger partial charge in [-0.1, -0.05) is 18.9 Å². The van der Waals surface area contributed by atoms with Gasteiger partial charge in [0.05, 0.1) is 9.26 Å². The number of hydrogen-bond donors (Lipinski definition) is 1. The highest BCUT2D eigenvalue weighted by atomic mass is 127. The molecule has 0 bridgehead atoms. The average molecular weight is 394 g/mol. The molecule has 0 unspecified atom stereocenters. The zero-order chi connectivity index (χ0) is 14.8. The fourth-order valence-electron chi connectivity index (χ4n) is 2.93. The second-order valence-electron chi connectivity index (χ2n) is 5.50. The van der Waals surface area contributed by atoms with Crippen molar-refractivity contribution in [2.24, 2.45) is 0 Å². The molecule has 3 rings (SSSR count). The Balaban J connectivity index is 2.13. The van der Waals surface area contributed by atoms with Gasteiger partial charge < -0.3 is 5.32 Å². The van der Waals surface area contributed by atoms with Crippen molar-refractivity contribution in [1.82, 2.24) is 15.0 Å². The van der Waals surface area contributed by atoms with Gasteiger partial charge in [0, 0.05) is 19.2 Å². The van der Waals surface area contributed by atoms with E-state index in [1.165, 1.54) is 31.4 Å². The van der Waals surface area contributed by atoms with E-state index >= 15 is 0 Å². The van der Waals surface area contributed by atoms with Gasteiger partial charge in [-0.15, -0.1) is 0 Å². The summed E-state index contributed by atoms with van der Waals surface area (Å²) in [7, 11) is 1.91. The van der Waals surface area contributed by atoms with Crippen LogP contribution >= 0.6 is 22.6 Å². The Bertz CT molecular complexity index is 651. The third-order valence-corrected chi connectivity index (χ3v) is 5.14. The first-order chi connectivity index (χ1) is 10.2. The first kappa shape index (κ1) is 14.7. The van der Waals surface area contributed by atoms with E-state index in [-0.39, 0.29) is 0 Å². The SMILES string of the molecule is CNc1nc(-c2ncccc2C)nc(C2CCCC2)c1I. The summed E-state index contributed by atoms with van der Waals surface area (Å²) in [5.74, 6) is 2.21. The van der Waals surface area contributed by atoms with Gasteiger partial charge in [0.2, 0.25) is 0 Å². The Labute approximate surface area is 139 Å². The van der Waals surface area contributed by atoms with Crippen LogP contribution in [0, 0.1) is 10.5 Å². The van der Waals surface area contributed by atoms with Crippen LogP contribution in [0.3, 0.4) is 0 Å². The lowest BCUT2D eigenvalue weighted by Crippen LogP contribution is -2.09. The van der Waals surface area contributed by atoms with Crippen LogP contribution in [-0.2, 0) is 0 Å². The van der Waals surface area contributed by atoms with Gasteiger partial charge >= 0.3 is 0 Å². The second kappa shape index (κ2) is 6.25. The van der Waals surface area contributed by atoms with Gasteiger partial charge in [0.15, 0.2) is 5.82 Å². The summed E-state index contributed by atoms with van der Waals surface area (Å²) >= 11 is 2.37. The third kappa shape index (κ3) is 2.88. The Kier molecular flexibility index (Phi) is 4.37. The van der Waals surface area contributed by atoms with Crippen LogP contribution < -0.4 is 5.32 Å². The number of aryl methyl sites for hydroxylation is 1. The molecule has 2 aromatic heterocycles. The van der Waals surface area contributed by atoms with Gasteiger partial charge in [0.1, 0.15) is 11.5 Å². The van der Waals surface area contributed by atoms with Crippen molar-refractivity contribution < 1.29 is 0 Å². The number of rotatable bonds is 3. The van der Waals surface area contributed by atoms with Crippen LogP contribution in [0.1, 0.15) is 42.9 Å². The van der Waals surface area contributed by atoms with E-state index in [0.29, 0.717) is 5.92 Å². The number of hydrogen-bond acceptors (Lipinski definition) is 4. The van der Waals surface area contributed by atoms with E-state index in [1.807, 2.05) is 13.1 Å². The van der Waals surface area contributed by atoms with Gasteiger partial charge in [-0.05, 0) is 54.0 Å². The van der Waals surface area contributed by atoms with Gasteiger partial charge in [-0.25, -0.2) is 9.97 Å². The maximum atomic E-state index is 4.87. The number of nitrogens with zero attached hydrogens (tertiary/aromatic N) is 3. The van der Waals surface area contributed by atoms with E-state index in [0.717, 1.165) is 26.5 Å². The van der Waals surface area contributed by atoms with E-state index in [2.05, 4.69) is 50.9 Å². The van der Waals surface area contributed by atoms with Crippen LogP contribution in [0.4, 0.5) is 5.82 Å². The maximum absolute atomic E-state index is 4.87. The number of halogens is 1. The van der Waals surface area contributed by atoms with Crippen molar-refractivity contribution in [2.75, 3.05) is 12.4 Å². The standard InChI is InChI=1S/C16H19IN4/c1-10-6-5-9-19-13(10)16-20-14(11-7-3-4-8-11)12(17)15(18-2)21-16/h5-6,9,11H,3-4,7-8H2,1-2H3,(H,18,20,21). The summed E-state index contributed by atoms with van der Waals surface area (Å²) in [6.07, 6.45) is 6.88. The largest absolute Gasteiger partial charge is 0.372 e. The first-order valence-electron chi connectivity index (χ1n) is 7.38. The summed E-state index contributed by atoms with van der Waals surface area (Å²) in [6, 6.07) is 4.00. The smallest absolute Gasteiger partial charge is 0.180 e. The Morgan fingerprint density at radius 2 is 2.00 bits per heavy atom. The lowest BCUT2D eigenvalue weighted by Gasteiger charge is -2.15. The quantitative estimate of drug-likeness (QED) is 0.795. The average Bonchev–Trinajstić information content (AvgIpc) is 3.02. The Morgan fingerprint density at radius 1 is 1.24 bits per heavy atom. The monoisotopic (exact) mass is 394 g/mol. The van der Waals surface area contributed by atoms with E-state index in [1.54, 1.807) is 6.20 Å². The van der Waals surface area contributed by atoms with Crippen LogP contribution in [-0.4, -0.2) is 22.0 Å². The molecule has 1 aliphatic rings. The van der Waals surface area contributed by atoms with Crippen LogP contribution in [0.15, 0.2) is 18.3 Å². The minimum atomic E-state index is 0.565. The second-order valence-corrected chi connectivity index (χ2v) is 6.57. The summed E-state index contributed by atoms with van der Waals surface area (Å²) in [4.78, 5) is 14.0. The zero-order valence-corrected chi connectivity index (χ0v) is 14.5. The molecule has 1 N–H and O–H groups in total. The molecule has 4 nitrogen and oxygen atoms in total. The van der Waals surface area contributed by atoms with Crippen molar-refractivity contribution >= 4 is 28.4 Å². The molecular weight excluding hydrogens is 375 g/mol. The number of anilines is 1. The minimum absolute atomic E-state index is 0.565. The summed E-state index contributed by atoms with van der Waals surface area (Å²) in [5, 5.41) is 3.20. The summed E-state index contributed by atoms with van der Waals surface area (Å²) in [6.45, 7) is 2.05. The van der Waals surface area contributed by atoms with Crippen LogP contribution in [0.25, 0.3) is 11.5 Å². The van der Waals surface area contributed by atoms with Crippen LogP contribution in [0.5, 0.6) is 0 Å². The molecule has 0 saturated heterocycles. The number of nitrogens with one attached hydrogen (secondary N) is 1. The summed E-state index contributed by atoms with van der Waals surface area (Å²) in [5.41, 5.74) is 3.18. The van der Waals surface area contributed by atoms with E-state index in [4.69, 9.17) is 4.98 Å². The highest BCUT2D eigenvalue weighted by Crippen LogP contribution is 2.37. The van der Waals surface area contributed by atoms with Gasteiger partial charge in [-0.3, -0.25) is 4.98 Å². The molecule has 0 aromatic carbocycles. The van der Waals surface area contributed by atoms with Crippen LogP contribution in [0.2, 0.25) is 0 Å². The van der Waals surface area contributed by atoms with Crippen molar-refractivity contribution in [3.63, 3.8) is 0 Å². The topological polar surface area (TPSA) is 50.7 Å². The minimum Gasteiger partial charge on any atom is -0.372 e. The number of pyridine rings is 1. The number of aromatic nitrogens is 3. The molecule has 1 saturated carbocycles. The highest BCUT2D eigenvalue weighted by molar-refractivity contribution is 14.1. The predicted molar refractivity (Wildman–Crippen MR) is 93.5 cm³/mol. The Hall–Kier alpha value is -1.24. The molecule has 110 valence electrons. The molecule has 0 atom stereocenters. The lowest BCUT2D eigenvalue weighted by atomic mass is 10.0. The van der Waals surface area contributed by atoms with Crippen molar-refractivity contribution in [1.29, 1.82) is 0 Å². The van der Waals surface area contributed by atoms with Gasteiger partial charge in [0.25, 0.3) is 0 Å². The lowest BCUT2D eigenvalue weighted by molar-refractivity contribution is 0.690. The molecule has 0 aliphatic heterocycles. The van der Waals surface area contributed by atoms with Gasteiger partial charge in [-0.2, -0.15) is 0 Å². The Morgan fingerprint density at radius 3 is 2.67 bits per heavy atom. The maximum Gasteiger partial charge on any atom is 0.180 e. The molecule has 1 aliphatic carbocycles. The fourth-order valence-corrected chi connectivity index (χ4v) is 3.88. The molecule has 21 heavy (non-hydrogen) atoms. The molecular formula is C16H19IN4. The third-order valence-electron chi connectivity index (χ3n) is 4.08. The zero-order valence-electron chi connectivity index (χ0n) is 12.4. The molecule has 2 aromatic rings. The molecule has 2 heterocycles. The molecule has 5 heteroatoms. The molecule has 0 radical (unpaired) electrons. The van der Waals surface area contributed by atoms with Crippen molar-refractivity contribution in [3.05, 3.63) is 33.2 Å².